The number of piperidine rings is 1. The Hall–Kier alpha value is -0.610. The standard InChI is InChI=1S/C14H27N3O/c1-3-14(7-8-15-11-14)13(18)16-10-12-6-4-5-9-17(12)2/h12,15H,3-11H2,1-2H3,(H,16,18). The first-order valence-electron chi connectivity index (χ1n) is 7.37. The molecule has 2 saturated heterocycles. The van der Waals surface area contributed by atoms with Crippen LogP contribution in [0.3, 0.4) is 0 Å². The molecule has 2 heterocycles. The van der Waals surface area contributed by atoms with Crippen molar-refractivity contribution >= 4 is 5.91 Å². The summed E-state index contributed by atoms with van der Waals surface area (Å²) in [6.45, 7) is 5.93. The molecule has 0 bridgehead atoms. The van der Waals surface area contributed by atoms with E-state index < -0.39 is 0 Å². The van der Waals surface area contributed by atoms with E-state index >= 15 is 0 Å². The molecule has 4 nitrogen and oxygen atoms in total. The first kappa shape index (κ1) is 13.8. The van der Waals surface area contributed by atoms with Crippen molar-refractivity contribution in [2.75, 3.05) is 33.2 Å². The predicted octanol–water partition coefficient (Wildman–Crippen LogP) is 0.977. The van der Waals surface area contributed by atoms with E-state index in [9.17, 15) is 4.79 Å². The molecule has 2 aliphatic heterocycles. The molecule has 0 aliphatic carbocycles. The summed E-state index contributed by atoms with van der Waals surface area (Å²) in [6, 6.07) is 0.533. The maximum absolute atomic E-state index is 12.4. The van der Waals surface area contributed by atoms with Gasteiger partial charge in [-0.05, 0) is 45.8 Å². The molecular formula is C14H27N3O. The fraction of sp³-hybridized carbons (Fsp3) is 0.929. The normalized spacial score (nSPS) is 33.6. The minimum Gasteiger partial charge on any atom is -0.354 e. The highest BCUT2D eigenvalue weighted by Crippen LogP contribution is 2.29. The summed E-state index contributed by atoms with van der Waals surface area (Å²) in [4.78, 5) is 14.8. The molecule has 0 radical (unpaired) electrons. The van der Waals surface area contributed by atoms with E-state index in [1.54, 1.807) is 0 Å². The van der Waals surface area contributed by atoms with Crippen molar-refractivity contribution in [3.05, 3.63) is 0 Å². The zero-order chi connectivity index (χ0) is 13.0. The fourth-order valence-corrected chi connectivity index (χ4v) is 3.20. The Morgan fingerprint density at radius 3 is 2.94 bits per heavy atom. The van der Waals surface area contributed by atoms with Gasteiger partial charge in [-0.1, -0.05) is 13.3 Å². The molecule has 0 aromatic heterocycles. The van der Waals surface area contributed by atoms with Crippen molar-refractivity contribution in [2.24, 2.45) is 5.41 Å². The Kier molecular flexibility index (Phi) is 4.62. The average Bonchev–Trinajstić information content (AvgIpc) is 2.87. The highest BCUT2D eigenvalue weighted by atomic mass is 16.2. The number of amides is 1. The van der Waals surface area contributed by atoms with Crippen LogP contribution in [-0.2, 0) is 4.79 Å². The van der Waals surface area contributed by atoms with Crippen molar-refractivity contribution in [2.45, 2.75) is 45.1 Å². The highest BCUT2D eigenvalue weighted by molar-refractivity contribution is 5.83. The number of rotatable bonds is 4. The SMILES string of the molecule is CCC1(C(=O)NCC2CCCCN2C)CCNC1. The second-order valence-corrected chi connectivity index (χ2v) is 5.90. The van der Waals surface area contributed by atoms with Crippen LogP contribution < -0.4 is 10.6 Å². The minimum atomic E-state index is -0.146. The molecule has 2 aliphatic rings. The lowest BCUT2D eigenvalue weighted by Crippen LogP contribution is -2.49. The zero-order valence-corrected chi connectivity index (χ0v) is 11.8. The number of hydrogen-bond acceptors (Lipinski definition) is 3. The number of hydrogen-bond donors (Lipinski definition) is 2. The predicted molar refractivity (Wildman–Crippen MR) is 73.5 cm³/mol. The van der Waals surface area contributed by atoms with Crippen molar-refractivity contribution in [1.82, 2.24) is 15.5 Å². The lowest BCUT2D eigenvalue weighted by molar-refractivity contribution is -0.130. The van der Waals surface area contributed by atoms with Gasteiger partial charge in [-0.15, -0.1) is 0 Å². The zero-order valence-electron chi connectivity index (χ0n) is 11.8. The molecular weight excluding hydrogens is 226 g/mol. The summed E-state index contributed by atoms with van der Waals surface area (Å²) in [5.74, 6) is 0.258. The lowest BCUT2D eigenvalue weighted by Gasteiger charge is -2.34. The van der Waals surface area contributed by atoms with Crippen LogP contribution in [0.1, 0.15) is 39.0 Å². The van der Waals surface area contributed by atoms with Gasteiger partial charge in [0.05, 0.1) is 5.41 Å². The number of carbonyl (C=O) groups excluding carboxylic acids is 1. The van der Waals surface area contributed by atoms with Gasteiger partial charge in [-0.2, -0.15) is 0 Å². The van der Waals surface area contributed by atoms with Gasteiger partial charge in [0.15, 0.2) is 0 Å². The summed E-state index contributed by atoms with van der Waals surface area (Å²) in [6.07, 6.45) is 5.73. The van der Waals surface area contributed by atoms with E-state index in [1.807, 2.05) is 0 Å². The van der Waals surface area contributed by atoms with Crippen molar-refractivity contribution in [3.8, 4) is 0 Å². The Morgan fingerprint density at radius 1 is 1.50 bits per heavy atom. The third kappa shape index (κ3) is 2.86. The number of nitrogens with one attached hydrogen (secondary N) is 2. The Morgan fingerprint density at radius 2 is 2.33 bits per heavy atom. The fourth-order valence-electron chi connectivity index (χ4n) is 3.20. The number of likely N-dealkylation sites (tertiary alicyclic amines) is 1. The monoisotopic (exact) mass is 253 g/mol. The molecule has 2 N–H and O–H groups in total. The summed E-state index contributed by atoms with van der Waals surface area (Å²) in [5.41, 5.74) is -0.146. The van der Waals surface area contributed by atoms with Gasteiger partial charge in [0.1, 0.15) is 0 Å². The summed E-state index contributed by atoms with van der Waals surface area (Å²) in [5, 5.41) is 6.52. The Labute approximate surface area is 110 Å². The van der Waals surface area contributed by atoms with Gasteiger partial charge in [-0.3, -0.25) is 4.79 Å². The molecule has 0 aromatic rings. The minimum absolute atomic E-state index is 0.146. The first-order valence-corrected chi connectivity index (χ1v) is 7.37. The second-order valence-electron chi connectivity index (χ2n) is 5.90. The average molecular weight is 253 g/mol. The molecule has 104 valence electrons. The maximum Gasteiger partial charge on any atom is 0.227 e. The van der Waals surface area contributed by atoms with Crippen molar-refractivity contribution in [3.63, 3.8) is 0 Å². The Bertz CT molecular complexity index is 287. The van der Waals surface area contributed by atoms with E-state index in [0.29, 0.717) is 6.04 Å². The van der Waals surface area contributed by atoms with Crippen LogP contribution >= 0.6 is 0 Å². The van der Waals surface area contributed by atoms with Crippen molar-refractivity contribution < 1.29 is 4.79 Å². The maximum atomic E-state index is 12.4. The number of nitrogens with zero attached hydrogens (tertiary/aromatic N) is 1. The quantitative estimate of drug-likeness (QED) is 0.785. The van der Waals surface area contributed by atoms with E-state index in [-0.39, 0.29) is 11.3 Å². The molecule has 18 heavy (non-hydrogen) atoms. The van der Waals surface area contributed by atoms with Gasteiger partial charge in [0.2, 0.25) is 5.91 Å². The first-order chi connectivity index (χ1) is 8.68. The highest BCUT2D eigenvalue weighted by Gasteiger charge is 2.39. The van der Waals surface area contributed by atoms with E-state index in [0.717, 1.165) is 32.5 Å². The van der Waals surface area contributed by atoms with Crippen LogP contribution in [0.2, 0.25) is 0 Å². The van der Waals surface area contributed by atoms with E-state index in [1.165, 1.54) is 25.8 Å². The summed E-state index contributed by atoms with van der Waals surface area (Å²) >= 11 is 0. The molecule has 1 amide bonds. The molecule has 0 aromatic carbocycles. The number of carbonyl (C=O) groups is 1. The molecule has 2 fully saturated rings. The van der Waals surface area contributed by atoms with E-state index in [2.05, 4.69) is 29.5 Å². The molecule has 0 spiro atoms. The molecule has 4 heteroatoms. The molecule has 0 saturated carbocycles. The van der Waals surface area contributed by atoms with E-state index in [4.69, 9.17) is 0 Å². The van der Waals surface area contributed by atoms with Crippen LogP contribution in [0.25, 0.3) is 0 Å². The molecule has 2 unspecified atom stereocenters. The van der Waals surface area contributed by atoms with Crippen LogP contribution in [-0.4, -0.2) is 50.1 Å². The Balaban J connectivity index is 1.83. The van der Waals surface area contributed by atoms with Gasteiger partial charge in [0.25, 0.3) is 0 Å². The van der Waals surface area contributed by atoms with Gasteiger partial charge in [0, 0.05) is 19.1 Å². The van der Waals surface area contributed by atoms with Gasteiger partial charge < -0.3 is 15.5 Å². The third-order valence-corrected chi connectivity index (χ3v) is 4.82. The largest absolute Gasteiger partial charge is 0.354 e. The summed E-state index contributed by atoms with van der Waals surface area (Å²) in [7, 11) is 2.17. The van der Waals surface area contributed by atoms with Gasteiger partial charge >= 0.3 is 0 Å². The van der Waals surface area contributed by atoms with Crippen LogP contribution in [0, 0.1) is 5.41 Å². The second kappa shape index (κ2) is 6.02. The van der Waals surface area contributed by atoms with Crippen molar-refractivity contribution in [1.29, 1.82) is 0 Å². The lowest BCUT2D eigenvalue weighted by atomic mass is 9.83. The topological polar surface area (TPSA) is 44.4 Å². The van der Waals surface area contributed by atoms with Gasteiger partial charge in [-0.25, -0.2) is 0 Å². The van der Waals surface area contributed by atoms with Crippen LogP contribution in [0.4, 0.5) is 0 Å². The molecule has 2 atom stereocenters. The smallest absolute Gasteiger partial charge is 0.227 e. The number of likely N-dealkylation sites (N-methyl/N-ethyl adjacent to an activating group) is 1. The van der Waals surface area contributed by atoms with Crippen LogP contribution in [0.5, 0.6) is 0 Å². The third-order valence-electron chi connectivity index (χ3n) is 4.82. The summed E-state index contributed by atoms with van der Waals surface area (Å²) < 4.78 is 0. The molecule has 2 rings (SSSR count). The van der Waals surface area contributed by atoms with Crippen LogP contribution in [0.15, 0.2) is 0 Å².